The minimum Gasteiger partial charge on any atom is -0.391 e. The van der Waals surface area contributed by atoms with Crippen LogP contribution in [0.15, 0.2) is 30.5 Å². The van der Waals surface area contributed by atoms with Crippen LogP contribution in [0.5, 0.6) is 0 Å². The molecule has 1 unspecified atom stereocenters. The van der Waals surface area contributed by atoms with E-state index in [2.05, 4.69) is 45.1 Å². The zero-order chi connectivity index (χ0) is 24.7. The predicted octanol–water partition coefficient (Wildman–Crippen LogP) is 3.95. The molecule has 0 amide bonds. The van der Waals surface area contributed by atoms with Gasteiger partial charge in [0.2, 0.25) is 0 Å². The number of β-amino-alcohol motifs (C(OH)–C–C–N with tert-alkyl or cyclic N) is 1. The molecule has 0 saturated carbocycles. The quantitative estimate of drug-likeness (QED) is 0.270. The Hall–Kier alpha value is -2.24. The van der Waals surface area contributed by atoms with Crippen LogP contribution < -0.4 is 16.0 Å². The van der Waals surface area contributed by atoms with Gasteiger partial charge in [-0.1, -0.05) is 25.4 Å². The Morgan fingerprint density at radius 2 is 2.17 bits per heavy atom. The maximum atomic E-state index is 10.3. The van der Waals surface area contributed by atoms with Crippen LogP contribution in [0.25, 0.3) is 15.9 Å². The molecule has 4 N–H and O–H groups in total. The number of nitrogens with one attached hydrogen (secondary N) is 3. The molecule has 1 saturated heterocycles. The molecule has 0 spiro atoms. The summed E-state index contributed by atoms with van der Waals surface area (Å²) >= 11 is 7.78. The largest absolute Gasteiger partial charge is 0.391 e. The van der Waals surface area contributed by atoms with Gasteiger partial charge in [0.15, 0.2) is 5.65 Å². The van der Waals surface area contributed by atoms with E-state index in [1.165, 1.54) is 0 Å². The number of hydrogen-bond donors (Lipinski definition) is 4. The first-order valence-corrected chi connectivity index (χ1v) is 13.5. The number of halogens is 1. The van der Waals surface area contributed by atoms with Gasteiger partial charge in [-0.3, -0.25) is 0 Å². The van der Waals surface area contributed by atoms with Crippen LogP contribution in [0, 0.1) is 5.92 Å². The van der Waals surface area contributed by atoms with E-state index in [9.17, 15) is 5.11 Å². The van der Waals surface area contributed by atoms with Crippen molar-refractivity contribution in [3.63, 3.8) is 0 Å². The van der Waals surface area contributed by atoms with Crippen molar-refractivity contribution < 1.29 is 5.11 Å². The average molecular weight is 527 g/mol. The van der Waals surface area contributed by atoms with Crippen molar-refractivity contribution in [1.82, 2.24) is 24.9 Å². The Bertz CT molecular complexity index is 1350. The number of thiazole rings is 1. The normalized spacial score (nSPS) is 20.4. The molecule has 0 bridgehead atoms. The number of rotatable bonds is 7. The lowest BCUT2D eigenvalue weighted by atomic mass is 9.95. The summed E-state index contributed by atoms with van der Waals surface area (Å²) in [5.74, 6) is 1.98. The zero-order valence-corrected chi connectivity index (χ0v) is 22.5. The smallest absolute Gasteiger partial charge is 0.163 e. The fourth-order valence-electron chi connectivity index (χ4n) is 4.36. The molecule has 3 aromatic heterocycles. The monoisotopic (exact) mass is 526 g/mol. The van der Waals surface area contributed by atoms with Crippen LogP contribution in [0.3, 0.4) is 0 Å². The number of benzene rings is 1. The first-order chi connectivity index (χ1) is 16.7. The van der Waals surface area contributed by atoms with E-state index < -0.39 is 5.16 Å². The van der Waals surface area contributed by atoms with E-state index in [1.807, 2.05) is 41.9 Å². The minimum atomic E-state index is -0.656. The van der Waals surface area contributed by atoms with Crippen LogP contribution in [-0.2, 0) is 5.16 Å². The maximum absolute atomic E-state index is 10.3. The number of piperidine rings is 1. The van der Waals surface area contributed by atoms with E-state index >= 15 is 0 Å². The lowest BCUT2D eigenvalue weighted by Crippen LogP contribution is -2.43. The second kappa shape index (κ2) is 9.66. The van der Waals surface area contributed by atoms with Crippen molar-refractivity contribution in [2.24, 2.45) is 5.92 Å². The van der Waals surface area contributed by atoms with Crippen molar-refractivity contribution >= 4 is 60.7 Å². The standard InChI is InChI=1S/C24H29ClN7OSSi/c1-13(2)16-11-28-32-21(9-20(30-22(16)32)27-10-14-6-7-26-12-18(14)33)31-24(3,35)23-29-17-8-15(25)4-5-19(17)34-23/h4-5,8-9,11,13-14,18,26,31,33H,6-7,10,12H2,1-3H3,(H,27,30)/t14-,18+,24?/m1/s1. The molecule has 3 atom stereocenters. The summed E-state index contributed by atoms with van der Waals surface area (Å²) in [6, 6.07) is 7.71. The van der Waals surface area contributed by atoms with Gasteiger partial charge in [0, 0.05) is 35.7 Å². The fourth-order valence-corrected chi connectivity index (χ4v) is 5.82. The number of aromatic nitrogens is 4. The van der Waals surface area contributed by atoms with E-state index in [-0.39, 0.29) is 17.9 Å². The lowest BCUT2D eigenvalue weighted by Gasteiger charge is -2.29. The molecule has 183 valence electrons. The van der Waals surface area contributed by atoms with Gasteiger partial charge in [-0.2, -0.15) is 9.61 Å². The van der Waals surface area contributed by atoms with Crippen molar-refractivity contribution in [2.75, 3.05) is 30.3 Å². The number of hydrogen-bond acceptors (Lipinski definition) is 8. The van der Waals surface area contributed by atoms with Gasteiger partial charge in [0.1, 0.15) is 16.6 Å². The summed E-state index contributed by atoms with van der Waals surface area (Å²) in [5.41, 5.74) is 2.74. The molecule has 11 heteroatoms. The SMILES string of the molecule is CC(C)c1cnn2c(NC(C)([Si])c3nc4cc(Cl)ccc4s3)cc(NC[C@H]3CCNC[C@@H]3O)nc12. The van der Waals surface area contributed by atoms with Crippen LogP contribution in [0.2, 0.25) is 5.02 Å². The van der Waals surface area contributed by atoms with Gasteiger partial charge in [0.05, 0.1) is 37.9 Å². The van der Waals surface area contributed by atoms with Crippen LogP contribution in [0.4, 0.5) is 11.6 Å². The molecule has 5 rings (SSSR count). The molecule has 4 heterocycles. The van der Waals surface area contributed by atoms with Gasteiger partial charge in [-0.15, -0.1) is 11.3 Å². The summed E-state index contributed by atoms with van der Waals surface area (Å²) in [6.07, 6.45) is 2.44. The summed E-state index contributed by atoms with van der Waals surface area (Å²) in [7, 11) is 3.93. The summed E-state index contributed by atoms with van der Waals surface area (Å²) < 4.78 is 2.90. The summed E-state index contributed by atoms with van der Waals surface area (Å²) in [5, 5.41) is 26.1. The molecule has 1 aliphatic heterocycles. The van der Waals surface area contributed by atoms with Gasteiger partial charge in [0.25, 0.3) is 0 Å². The Morgan fingerprint density at radius 1 is 1.34 bits per heavy atom. The molecule has 0 aliphatic carbocycles. The number of aliphatic hydroxyl groups is 1. The van der Waals surface area contributed by atoms with Crippen molar-refractivity contribution in [1.29, 1.82) is 0 Å². The van der Waals surface area contributed by atoms with Gasteiger partial charge in [-0.05, 0) is 44.0 Å². The van der Waals surface area contributed by atoms with Crippen LogP contribution in [-0.4, -0.2) is 60.7 Å². The summed E-state index contributed by atoms with van der Waals surface area (Å²) in [4.78, 5) is 9.69. The lowest BCUT2D eigenvalue weighted by molar-refractivity contribution is 0.0883. The second-order valence-electron chi connectivity index (χ2n) is 9.60. The van der Waals surface area contributed by atoms with Crippen LogP contribution >= 0.6 is 22.9 Å². The molecule has 1 aliphatic rings. The molecule has 8 nitrogen and oxygen atoms in total. The van der Waals surface area contributed by atoms with E-state index in [1.54, 1.807) is 11.3 Å². The van der Waals surface area contributed by atoms with Crippen molar-refractivity contribution in [2.45, 2.75) is 44.4 Å². The highest BCUT2D eigenvalue weighted by Gasteiger charge is 2.28. The molecule has 3 radical (unpaired) electrons. The first-order valence-electron chi connectivity index (χ1n) is 11.8. The molecule has 1 fully saturated rings. The minimum absolute atomic E-state index is 0.177. The number of aliphatic hydroxyl groups excluding tert-OH is 1. The average Bonchev–Trinajstić information content (AvgIpc) is 3.43. The van der Waals surface area contributed by atoms with Gasteiger partial charge < -0.3 is 21.1 Å². The third-order valence-corrected chi connectivity index (χ3v) is 8.45. The second-order valence-corrected chi connectivity index (χ2v) is 12.1. The van der Waals surface area contributed by atoms with Gasteiger partial charge >= 0.3 is 0 Å². The third-order valence-electron chi connectivity index (χ3n) is 6.41. The van der Waals surface area contributed by atoms with Crippen LogP contribution in [0.1, 0.15) is 43.7 Å². The summed E-state index contributed by atoms with van der Waals surface area (Å²) in [6.45, 7) is 8.50. The Labute approximate surface area is 216 Å². The molecular weight excluding hydrogens is 498 g/mol. The Kier molecular flexibility index (Phi) is 6.75. The van der Waals surface area contributed by atoms with E-state index in [0.29, 0.717) is 18.1 Å². The van der Waals surface area contributed by atoms with E-state index in [0.717, 1.165) is 51.0 Å². The fraction of sp³-hybridized carbons (Fsp3) is 0.458. The predicted molar refractivity (Wildman–Crippen MR) is 144 cm³/mol. The Balaban J connectivity index is 1.48. The Morgan fingerprint density at radius 3 is 2.94 bits per heavy atom. The molecule has 35 heavy (non-hydrogen) atoms. The molecule has 1 aromatic carbocycles. The molecule has 4 aromatic rings. The van der Waals surface area contributed by atoms with Crippen molar-refractivity contribution in [3.8, 4) is 0 Å². The van der Waals surface area contributed by atoms with E-state index in [4.69, 9.17) is 21.6 Å². The third kappa shape index (κ3) is 5.03. The highest BCUT2D eigenvalue weighted by molar-refractivity contribution is 7.18. The number of anilines is 2. The maximum Gasteiger partial charge on any atom is 0.163 e. The highest BCUT2D eigenvalue weighted by atomic mass is 35.5. The van der Waals surface area contributed by atoms with Crippen molar-refractivity contribution in [3.05, 3.63) is 46.1 Å². The highest BCUT2D eigenvalue weighted by Crippen LogP contribution is 2.33. The molecular formula is C24H29ClN7OSSi. The topological polar surface area (TPSA) is 99.4 Å². The van der Waals surface area contributed by atoms with Gasteiger partial charge in [-0.25, -0.2) is 9.97 Å². The number of nitrogens with zero attached hydrogens (tertiary/aromatic N) is 4. The number of fused-ring (bicyclic) bond motifs is 2. The zero-order valence-electron chi connectivity index (χ0n) is 20.0. The first kappa shape index (κ1) is 24.5.